The predicted octanol–water partition coefficient (Wildman–Crippen LogP) is 3.22. The van der Waals surface area contributed by atoms with Crippen molar-refractivity contribution in [2.45, 2.75) is 53.0 Å². The number of aliphatic imine (C=N–C) groups is 1. The number of nitrogens with zero attached hydrogens (tertiary/aromatic N) is 4. The zero-order valence-electron chi connectivity index (χ0n) is 20.1. The largest absolute Gasteiger partial charge is 0.357 e. The van der Waals surface area contributed by atoms with Gasteiger partial charge < -0.3 is 10.6 Å². The molecule has 0 spiro atoms. The summed E-state index contributed by atoms with van der Waals surface area (Å²) >= 11 is 0. The smallest absolute Gasteiger partial charge is 0.261 e. The number of carbonyl (C=O) groups excluding carboxylic acids is 2. The SMILES string of the molecule is CCNC(=NCCCCN1C(=O)c2ccccc2C1=O)NC(C)Cc1c(C)nn(C)c1C.I. The molecule has 1 aliphatic heterocycles. The Balaban J connectivity index is 0.00000385. The van der Waals surface area contributed by atoms with Crippen LogP contribution in [0.15, 0.2) is 29.3 Å². The second-order valence-corrected chi connectivity index (χ2v) is 8.30. The number of unbranched alkanes of at least 4 members (excludes halogenated alkanes) is 1. The van der Waals surface area contributed by atoms with Crippen LogP contribution in [0.5, 0.6) is 0 Å². The minimum Gasteiger partial charge on any atom is -0.357 e. The van der Waals surface area contributed by atoms with Gasteiger partial charge in [0.15, 0.2) is 5.96 Å². The Bertz CT molecular complexity index is 981. The van der Waals surface area contributed by atoms with E-state index >= 15 is 0 Å². The van der Waals surface area contributed by atoms with E-state index in [2.05, 4.69) is 34.6 Å². The second kappa shape index (κ2) is 12.2. The first kappa shape index (κ1) is 26.8. The molecule has 1 aliphatic rings. The summed E-state index contributed by atoms with van der Waals surface area (Å²) in [4.78, 5) is 30.9. The Labute approximate surface area is 213 Å². The first-order valence-corrected chi connectivity index (χ1v) is 11.3. The highest BCUT2D eigenvalue weighted by Crippen LogP contribution is 2.22. The fraction of sp³-hybridized carbons (Fsp3) is 0.500. The number of halogens is 1. The van der Waals surface area contributed by atoms with Crippen molar-refractivity contribution in [2.75, 3.05) is 19.6 Å². The maximum atomic E-state index is 12.4. The predicted molar refractivity (Wildman–Crippen MR) is 141 cm³/mol. The highest BCUT2D eigenvalue weighted by atomic mass is 127. The number of rotatable bonds is 9. The van der Waals surface area contributed by atoms with Crippen LogP contribution in [0, 0.1) is 13.8 Å². The molecule has 0 aliphatic carbocycles. The lowest BCUT2D eigenvalue weighted by atomic mass is 10.1. The summed E-state index contributed by atoms with van der Waals surface area (Å²) in [6, 6.07) is 7.20. The molecular weight excluding hydrogens is 531 g/mol. The van der Waals surface area contributed by atoms with Crippen molar-refractivity contribution in [3.63, 3.8) is 0 Å². The molecule has 3 rings (SSSR count). The van der Waals surface area contributed by atoms with Crippen molar-refractivity contribution in [1.29, 1.82) is 0 Å². The summed E-state index contributed by atoms with van der Waals surface area (Å²) in [6.45, 7) is 10.1. The van der Waals surface area contributed by atoms with E-state index < -0.39 is 0 Å². The van der Waals surface area contributed by atoms with Crippen LogP contribution in [0.1, 0.15) is 64.4 Å². The zero-order chi connectivity index (χ0) is 23.3. The van der Waals surface area contributed by atoms with E-state index in [9.17, 15) is 9.59 Å². The number of amides is 2. The first-order chi connectivity index (χ1) is 15.3. The molecule has 1 atom stereocenters. The van der Waals surface area contributed by atoms with Crippen LogP contribution in [-0.4, -0.2) is 58.1 Å². The number of aromatic nitrogens is 2. The summed E-state index contributed by atoms with van der Waals surface area (Å²) in [5.74, 6) is 0.387. The molecule has 0 bridgehead atoms. The molecule has 0 radical (unpaired) electrons. The van der Waals surface area contributed by atoms with Gasteiger partial charge >= 0.3 is 0 Å². The molecule has 2 aromatic rings. The summed E-state index contributed by atoms with van der Waals surface area (Å²) in [7, 11) is 1.97. The van der Waals surface area contributed by atoms with Crippen molar-refractivity contribution in [3.8, 4) is 0 Å². The fourth-order valence-electron chi connectivity index (χ4n) is 4.04. The molecule has 180 valence electrons. The van der Waals surface area contributed by atoms with Gasteiger partial charge in [-0.1, -0.05) is 12.1 Å². The third-order valence-electron chi connectivity index (χ3n) is 5.83. The number of aryl methyl sites for hydroxylation is 2. The fourth-order valence-corrected chi connectivity index (χ4v) is 4.04. The first-order valence-electron chi connectivity index (χ1n) is 11.3. The van der Waals surface area contributed by atoms with E-state index in [0.717, 1.165) is 37.5 Å². The summed E-state index contributed by atoms with van der Waals surface area (Å²) in [5.41, 5.74) is 4.52. The number of carbonyl (C=O) groups is 2. The molecule has 1 aromatic heterocycles. The highest BCUT2D eigenvalue weighted by Gasteiger charge is 2.34. The Kier molecular flexibility index (Phi) is 9.87. The van der Waals surface area contributed by atoms with Crippen LogP contribution in [-0.2, 0) is 13.5 Å². The van der Waals surface area contributed by atoms with Gasteiger partial charge in [0, 0.05) is 38.4 Å². The summed E-state index contributed by atoms with van der Waals surface area (Å²) < 4.78 is 1.92. The zero-order valence-corrected chi connectivity index (χ0v) is 22.5. The Morgan fingerprint density at radius 3 is 2.30 bits per heavy atom. The molecule has 9 heteroatoms. The van der Waals surface area contributed by atoms with Crippen LogP contribution in [0.2, 0.25) is 0 Å². The number of imide groups is 1. The van der Waals surface area contributed by atoms with Crippen molar-refractivity contribution < 1.29 is 9.59 Å². The van der Waals surface area contributed by atoms with Gasteiger partial charge in [-0.2, -0.15) is 5.10 Å². The molecule has 33 heavy (non-hydrogen) atoms. The molecular formula is C24H35IN6O2. The van der Waals surface area contributed by atoms with Crippen LogP contribution < -0.4 is 10.6 Å². The van der Waals surface area contributed by atoms with Crippen LogP contribution in [0.4, 0.5) is 0 Å². The number of benzene rings is 1. The van der Waals surface area contributed by atoms with Gasteiger partial charge in [0.2, 0.25) is 0 Å². The van der Waals surface area contributed by atoms with Gasteiger partial charge in [0.05, 0.1) is 16.8 Å². The third-order valence-corrected chi connectivity index (χ3v) is 5.83. The standard InChI is InChI=1S/C24H34N6O2.HI/c1-6-25-24(27-16(2)15-21-17(3)28-29(5)18(21)4)26-13-9-10-14-30-22(31)19-11-7-8-12-20(19)23(30)32;/h7-8,11-12,16H,6,9-10,13-15H2,1-5H3,(H2,25,26,27);1H. The van der Waals surface area contributed by atoms with E-state index in [1.165, 1.54) is 16.2 Å². The number of fused-ring (bicyclic) bond motifs is 1. The van der Waals surface area contributed by atoms with Crippen molar-refractivity contribution >= 4 is 41.8 Å². The molecule has 0 fully saturated rings. The number of guanidine groups is 1. The molecule has 0 saturated carbocycles. The van der Waals surface area contributed by atoms with Gasteiger partial charge in [0.1, 0.15) is 0 Å². The van der Waals surface area contributed by atoms with Gasteiger partial charge in [0.25, 0.3) is 11.8 Å². The van der Waals surface area contributed by atoms with Gasteiger partial charge in [-0.05, 0) is 64.7 Å². The minimum atomic E-state index is -0.195. The number of nitrogens with one attached hydrogen (secondary N) is 2. The number of hydrogen-bond donors (Lipinski definition) is 2. The summed E-state index contributed by atoms with van der Waals surface area (Å²) in [5, 5.41) is 11.3. The van der Waals surface area contributed by atoms with Crippen molar-refractivity contribution in [3.05, 3.63) is 52.3 Å². The normalized spacial score (nSPS) is 14.2. The topological polar surface area (TPSA) is 91.6 Å². The van der Waals surface area contributed by atoms with Crippen LogP contribution in [0.3, 0.4) is 0 Å². The maximum absolute atomic E-state index is 12.4. The third kappa shape index (κ3) is 6.33. The van der Waals surface area contributed by atoms with E-state index in [1.807, 2.05) is 25.6 Å². The average molecular weight is 566 g/mol. The Morgan fingerprint density at radius 1 is 1.12 bits per heavy atom. The Morgan fingerprint density at radius 2 is 1.76 bits per heavy atom. The van der Waals surface area contributed by atoms with Crippen molar-refractivity contribution in [1.82, 2.24) is 25.3 Å². The van der Waals surface area contributed by atoms with Crippen LogP contribution >= 0.6 is 24.0 Å². The molecule has 1 unspecified atom stereocenters. The van der Waals surface area contributed by atoms with E-state index in [-0.39, 0.29) is 41.8 Å². The highest BCUT2D eigenvalue weighted by molar-refractivity contribution is 14.0. The monoisotopic (exact) mass is 566 g/mol. The molecule has 1 aromatic carbocycles. The van der Waals surface area contributed by atoms with Gasteiger partial charge in [-0.3, -0.25) is 24.2 Å². The van der Waals surface area contributed by atoms with E-state index in [1.54, 1.807) is 24.3 Å². The van der Waals surface area contributed by atoms with E-state index in [0.29, 0.717) is 24.2 Å². The Hall–Kier alpha value is -2.43. The van der Waals surface area contributed by atoms with Gasteiger partial charge in [-0.25, -0.2) is 0 Å². The van der Waals surface area contributed by atoms with Crippen LogP contribution in [0.25, 0.3) is 0 Å². The number of hydrogen-bond acceptors (Lipinski definition) is 4. The maximum Gasteiger partial charge on any atom is 0.261 e. The molecule has 0 saturated heterocycles. The van der Waals surface area contributed by atoms with Gasteiger partial charge in [-0.15, -0.1) is 24.0 Å². The molecule has 8 nitrogen and oxygen atoms in total. The molecule has 2 amide bonds. The average Bonchev–Trinajstić information content (AvgIpc) is 3.15. The minimum absolute atomic E-state index is 0. The second-order valence-electron chi connectivity index (χ2n) is 8.30. The lowest BCUT2D eigenvalue weighted by molar-refractivity contribution is 0.0652. The quantitative estimate of drug-likeness (QED) is 0.160. The van der Waals surface area contributed by atoms with Crippen molar-refractivity contribution in [2.24, 2.45) is 12.0 Å². The molecule has 2 N–H and O–H groups in total. The summed E-state index contributed by atoms with van der Waals surface area (Å²) in [6.07, 6.45) is 2.38. The molecule has 2 heterocycles. The lowest BCUT2D eigenvalue weighted by Crippen LogP contribution is -2.43. The van der Waals surface area contributed by atoms with E-state index in [4.69, 9.17) is 0 Å². The lowest BCUT2D eigenvalue weighted by Gasteiger charge is -2.18.